The first-order chi connectivity index (χ1) is 7.09. The van der Waals surface area contributed by atoms with E-state index in [4.69, 9.17) is 28.3 Å². The summed E-state index contributed by atoms with van der Waals surface area (Å²) in [7, 11) is 0. The van der Waals surface area contributed by atoms with Crippen molar-refractivity contribution in [2.75, 3.05) is 0 Å². The van der Waals surface area contributed by atoms with E-state index in [2.05, 4.69) is 0 Å². The maximum Gasteiger partial charge on any atom is 0.307 e. The SMILES string of the molecule is O=C(O)Cc1csc2c(Cl)ccc(Cl)c12. The molecule has 0 aliphatic carbocycles. The molecule has 0 unspecified atom stereocenters. The van der Waals surface area contributed by atoms with Crippen LogP contribution in [-0.4, -0.2) is 11.1 Å². The third kappa shape index (κ3) is 1.95. The molecule has 0 aliphatic heterocycles. The smallest absolute Gasteiger partial charge is 0.307 e. The molecule has 0 amide bonds. The van der Waals surface area contributed by atoms with Gasteiger partial charge in [0, 0.05) is 10.4 Å². The molecule has 15 heavy (non-hydrogen) atoms. The van der Waals surface area contributed by atoms with E-state index < -0.39 is 5.97 Å². The number of carboxylic acids is 1. The quantitative estimate of drug-likeness (QED) is 0.891. The molecule has 2 aromatic rings. The zero-order chi connectivity index (χ0) is 11.0. The minimum atomic E-state index is -0.870. The first-order valence-electron chi connectivity index (χ1n) is 4.15. The minimum absolute atomic E-state index is 0.0277. The number of hydrogen-bond acceptors (Lipinski definition) is 2. The van der Waals surface area contributed by atoms with E-state index in [0.717, 1.165) is 15.6 Å². The predicted molar refractivity (Wildman–Crippen MR) is 63.2 cm³/mol. The fraction of sp³-hybridized carbons (Fsp3) is 0.100. The molecule has 0 spiro atoms. The highest BCUT2D eigenvalue weighted by Crippen LogP contribution is 2.37. The van der Waals surface area contributed by atoms with Gasteiger partial charge in [0.1, 0.15) is 0 Å². The van der Waals surface area contributed by atoms with Crippen LogP contribution in [0.4, 0.5) is 0 Å². The van der Waals surface area contributed by atoms with Crippen molar-refractivity contribution in [2.24, 2.45) is 0 Å². The molecule has 2 nitrogen and oxygen atoms in total. The largest absolute Gasteiger partial charge is 0.481 e. The van der Waals surface area contributed by atoms with Crippen LogP contribution in [0.3, 0.4) is 0 Å². The van der Waals surface area contributed by atoms with E-state index in [1.165, 1.54) is 11.3 Å². The van der Waals surface area contributed by atoms with Gasteiger partial charge < -0.3 is 5.11 Å². The highest BCUT2D eigenvalue weighted by Gasteiger charge is 2.12. The number of aliphatic carboxylic acids is 1. The Kier molecular flexibility index (Phi) is 2.87. The van der Waals surface area contributed by atoms with Crippen LogP contribution < -0.4 is 0 Å². The molecular weight excluding hydrogens is 255 g/mol. The summed E-state index contributed by atoms with van der Waals surface area (Å²) >= 11 is 13.4. The number of benzene rings is 1. The lowest BCUT2D eigenvalue weighted by molar-refractivity contribution is -0.136. The molecule has 1 N–H and O–H groups in total. The van der Waals surface area contributed by atoms with Crippen LogP contribution in [0.1, 0.15) is 5.56 Å². The maximum atomic E-state index is 10.6. The van der Waals surface area contributed by atoms with Gasteiger partial charge >= 0.3 is 5.97 Å². The molecular formula is C10H6Cl2O2S. The lowest BCUT2D eigenvalue weighted by atomic mass is 10.1. The van der Waals surface area contributed by atoms with Crippen molar-refractivity contribution < 1.29 is 9.90 Å². The normalized spacial score (nSPS) is 10.8. The van der Waals surface area contributed by atoms with Crippen molar-refractivity contribution in [2.45, 2.75) is 6.42 Å². The number of fused-ring (bicyclic) bond motifs is 1. The molecule has 0 saturated heterocycles. The predicted octanol–water partition coefficient (Wildman–Crippen LogP) is 3.84. The highest BCUT2D eigenvalue weighted by molar-refractivity contribution is 7.18. The van der Waals surface area contributed by atoms with Gasteiger partial charge in [-0.15, -0.1) is 11.3 Å². The Morgan fingerprint density at radius 1 is 1.33 bits per heavy atom. The molecule has 0 atom stereocenters. The van der Waals surface area contributed by atoms with Gasteiger partial charge in [-0.05, 0) is 23.1 Å². The summed E-state index contributed by atoms with van der Waals surface area (Å²) < 4.78 is 0.848. The van der Waals surface area contributed by atoms with E-state index in [0.29, 0.717) is 10.0 Å². The van der Waals surface area contributed by atoms with Gasteiger partial charge in [-0.2, -0.15) is 0 Å². The second-order valence-electron chi connectivity index (χ2n) is 3.06. The third-order valence-electron chi connectivity index (χ3n) is 2.04. The van der Waals surface area contributed by atoms with Gasteiger partial charge in [-0.3, -0.25) is 4.79 Å². The van der Waals surface area contributed by atoms with Gasteiger partial charge in [0.05, 0.1) is 16.1 Å². The molecule has 0 fully saturated rings. The first-order valence-corrected chi connectivity index (χ1v) is 5.79. The number of halogens is 2. The van der Waals surface area contributed by atoms with E-state index in [1.54, 1.807) is 17.5 Å². The molecule has 0 aliphatic rings. The Bertz CT molecular complexity index is 533. The molecule has 5 heteroatoms. The highest BCUT2D eigenvalue weighted by atomic mass is 35.5. The number of carbonyl (C=O) groups is 1. The van der Waals surface area contributed by atoms with Gasteiger partial charge in [-0.25, -0.2) is 0 Å². The number of rotatable bonds is 2. The maximum absolute atomic E-state index is 10.6. The molecule has 1 aromatic carbocycles. The average molecular weight is 261 g/mol. The van der Waals surface area contributed by atoms with E-state index in [-0.39, 0.29) is 6.42 Å². The van der Waals surface area contributed by atoms with Gasteiger partial charge in [0.2, 0.25) is 0 Å². The average Bonchev–Trinajstić information content (AvgIpc) is 2.56. The first kappa shape index (κ1) is 10.7. The fourth-order valence-electron chi connectivity index (χ4n) is 1.43. The molecule has 0 saturated carbocycles. The zero-order valence-electron chi connectivity index (χ0n) is 7.46. The summed E-state index contributed by atoms with van der Waals surface area (Å²) in [4.78, 5) is 10.6. The van der Waals surface area contributed by atoms with Crippen molar-refractivity contribution in [1.82, 2.24) is 0 Å². The van der Waals surface area contributed by atoms with Crippen LogP contribution in [-0.2, 0) is 11.2 Å². The summed E-state index contributed by atoms with van der Waals surface area (Å²) in [6, 6.07) is 3.40. The Morgan fingerprint density at radius 3 is 2.67 bits per heavy atom. The van der Waals surface area contributed by atoms with Gasteiger partial charge in [-0.1, -0.05) is 23.2 Å². The van der Waals surface area contributed by atoms with Crippen LogP contribution in [0.25, 0.3) is 10.1 Å². The second-order valence-corrected chi connectivity index (χ2v) is 4.76. The topological polar surface area (TPSA) is 37.3 Å². The number of thiophene rings is 1. The standard InChI is InChI=1S/C10H6Cl2O2S/c11-6-1-2-7(12)10-9(6)5(4-15-10)3-8(13)14/h1-2,4H,3H2,(H,13,14). The Balaban J connectivity index is 2.67. The van der Waals surface area contributed by atoms with Crippen molar-refractivity contribution in [3.63, 3.8) is 0 Å². The summed E-state index contributed by atoms with van der Waals surface area (Å²) in [6.07, 6.45) is -0.0277. The minimum Gasteiger partial charge on any atom is -0.481 e. The number of carboxylic acid groups (broad SMARTS) is 1. The Labute approximate surface area is 100 Å². The molecule has 0 bridgehead atoms. The molecule has 78 valence electrons. The van der Waals surface area contributed by atoms with E-state index in [1.807, 2.05) is 0 Å². The van der Waals surface area contributed by atoms with Crippen LogP contribution in [0, 0.1) is 0 Å². The van der Waals surface area contributed by atoms with Crippen molar-refractivity contribution >= 4 is 50.6 Å². The lowest BCUT2D eigenvalue weighted by Gasteiger charge is -1.99. The van der Waals surface area contributed by atoms with Gasteiger partial charge in [0.15, 0.2) is 0 Å². The summed E-state index contributed by atoms with van der Waals surface area (Å²) in [5, 5.41) is 12.4. The van der Waals surface area contributed by atoms with E-state index >= 15 is 0 Å². The molecule has 2 rings (SSSR count). The summed E-state index contributed by atoms with van der Waals surface area (Å²) in [5.41, 5.74) is 0.718. The van der Waals surface area contributed by atoms with Crippen LogP contribution >= 0.6 is 34.5 Å². The van der Waals surface area contributed by atoms with Crippen molar-refractivity contribution in [3.8, 4) is 0 Å². The van der Waals surface area contributed by atoms with Crippen molar-refractivity contribution in [1.29, 1.82) is 0 Å². The molecule has 1 heterocycles. The summed E-state index contributed by atoms with van der Waals surface area (Å²) in [6.45, 7) is 0. The Morgan fingerprint density at radius 2 is 2.00 bits per heavy atom. The fourth-order valence-corrected chi connectivity index (χ4v) is 3.06. The number of hydrogen-bond donors (Lipinski definition) is 1. The second kappa shape index (κ2) is 4.00. The van der Waals surface area contributed by atoms with Crippen molar-refractivity contribution in [3.05, 3.63) is 33.1 Å². The Hall–Kier alpha value is -0.770. The monoisotopic (exact) mass is 260 g/mol. The van der Waals surface area contributed by atoms with Crippen LogP contribution in [0.15, 0.2) is 17.5 Å². The molecule has 1 aromatic heterocycles. The van der Waals surface area contributed by atoms with Crippen LogP contribution in [0.2, 0.25) is 10.0 Å². The third-order valence-corrected chi connectivity index (χ3v) is 3.84. The van der Waals surface area contributed by atoms with E-state index in [9.17, 15) is 4.79 Å². The zero-order valence-corrected chi connectivity index (χ0v) is 9.79. The van der Waals surface area contributed by atoms with Gasteiger partial charge in [0.25, 0.3) is 0 Å². The lowest BCUT2D eigenvalue weighted by Crippen LogP contribution is -1.98. The van der Waals surface area contributed by atoms with Crippen LogP contribution in [0.5, 0.6) is 0 Å². The molecule has 0 radical (unpaired) electrons. The summed E-state index contributed by atoms with van der Waals surface area (Å²) in [5.74, 6) is -0.870.